The summed E-state index contributed by atoms with van der Waals surface area (Å²) in [5.41, 5.74) is 6.05. The fraction of sp³-hybridized carbons (Fsp3) is 0.500. The van der Waals surface area contributed by atoms with Gasteiger partial charge < -0.3 is 0 Å². The van der Waals surface area contributed by atoms with Crippen LogP contribution in [0.15, 0.2) is 12.1 Å². The Hall–Kier alpha value is 0.180. The number of rotatable bonds is 2. The summed E-state index contributed by atoms with van der Waals surface area (Å²) in [5.74, 6) is 0. The second-order valence-corrected chi connectivity index (χ2v) is 4.99. The highest BCUT2D eigenvalue weighted by atomic mass is 79.9. The minimum absolute atomic E-state index is 0.973. The summed E-state index contributed by atoms with van der Waals surface area (Å²) in [6, 6.07) is 4.78. The van der Waals surface area contributed by atoms with Gasteiger partial charge in [-0.1, -0.05) is 44.0 Å². The van der Waals surface area contributed by atoms with Crippen molar-refractivity contribution in [2.24, 2.45) is 0 Å². The van der Waals surface area contributed by atoms with Gasteiger partial charge in [0.05, 0.1) is 0 Å². The van der Waals surface area contributed by atoms with E-state index < -0.39 is 0 Å². The van der Waals surface area contributed by atoms with Gasteiger partial charge in [0.2, 0.25) is 0 Å². The van der Waals surface area contributed by atoms with Crippen molar-refractivity contribution < 1.29 is 0 Å². The molecule has 0 fully saturated rings. The van der Waals surface area contributed by atoms with E-state index in [9.17, 15) is 0 Å². The normalized spacial score (nSPS) is 15.3. The zero-order valence-electron chi connectivity index (χ0n) is 8.15. The van der Waals surface area contributed by atoms with E-state index in [2.05, 4.69) is 44.0 Å². The first-order valence-electron chi connectivity index (χ1n) is 5.10. The summed E-state index contributed by atoms with van der Waals surface area (Å²) in [4.78, 5) is 0. The number of aryl methyl sites for hydroxylation is 2. The predicted octanol–water partition coefficient (Wildman–Crippen LogP) is 4.36. The Morgan fingerprint density at radius 2 is 1.29 bits per heavy atom. The molecule has 0 aliphatic heterocycles. The number of benzene rings is 1. The van der Waals surface area contributed by atoms with E-state index in [1.165, 1.54) is 36.8 Å². The smallest absolute Gasteiger partial charge is 0.0286 e. The first-order chi connectivity index (χ1) is 6.85. The van der Waals surface area contributed by atoms with Crippen LogP contribution in [0.3, 0.4) is 0 Å². The molecule has 76 valence electrons. The van der Waals surface area contributed by atoms with Crippen molar-refractivity contribution in [2.75, 3.05) is 0 Å². The molecule has 0 heterocycles. The summed E-state index contributed by atoms with van der Waals surface area (Å²) < 4.78 is 0. The predicted molar refractivity (Wildman–Crippen MR) is 68.3 cm³/mol. The van der Waals surface area contributed by atoms with Gasteiger partial charge in [-0.05, 0) is 47.9 Å². The lowest BCUT2D eigenvalue weighted by atomic mass is 9.89. The molecule has 0 N–H and O–H groups in total. The summed E-state index contributed by atoms with van der Waals surface area (Å²) in [7, 11) is 0. The van der Waals surface area contributed by atoms with Crippen LogP contribution >= 0.6 is 31.9 Å². The van der Waals surface area contributed by atoms with Crippen molar-refractivity contribution in [3.63, 3.8) is 0 Å². The van der Waals surface area contributed by atoms with Gasteiger partial charge in [0.15, 0.2) is 0 Å². The molecule has 2 heteroatoms. The monoisotopic (exact) mass is 316 g/mol. The third kappa shape index (κ3) is 2.06. The zero-order chi connectivity index (χ0) is 9.97. The minimum Gasteiger partial charge on any atom is -0.0876 e. The van der Waals surface area contributed by atoms with Crippen molar-refractivity contribution in [3.05, 3.63) is 34.4 Å². The van der Waals surface area contributed by atoms with Gasteiger partial charge in [0.25, 0.3) is 0 Å². The van der Waals surface area contributed by atoms with E-state index in [0.29, 0.717) is 0 Å². The Morgan fingerprint density at radius 1 is 0.857 bits per heavy atom. The molecule has 0 saturated heterocycles. The Balaban J connectivity index is 2.43. The summed E-state index contributed by atoms with van der Waals surface area (Å²) in [6.45, 7) is 0. The highest BCUT2D eigenvalue weighted by Crippen LogP contribution is 2.27. The quantitative estimate of drug-likeness (QED) is 0.711. The van der Waals surface area contributed by atoms with Crippen LogP contribution in [-0.2, 0) is 23.5 Å². The number of hydrogen-bond donors (Lipinski definition) is 0. The summed E-state index contributed by atoms with van der Waals surface area (Å²) in [6.07, 6.45) is 5.28. The van der Waals surface area contributed by atoms with Gasteiger partial charge in [-0.15, -0.1) is 0 Å². The van der Waals surface area contributed by atoms with Crippen molar-refractivity contribution in [2.45, 2.75) is 36.3 Å². The third-order valence-corrected chi connectivity index (χ3v) is 4.16. The lowest BCUT2D eigenvalue weighted by molar-refractivity contribution is 0.684. The maximum atomic E-state index is 3.56. The topological polar surface area (TPSA) is 0 Å². The van der Waals surface area contributed by atoms with Crippen LogP contribution in [0.25, 0.3) is 0 Å². The van der Waals surface area contributed by atoms with E-state index in [0.717, 1.165) is 10.7 Å². The number of fused-ring (bicyclic) bond motifs is 1. The molecule has 2 rings (SSSR count). The molecule has 0 nitrogen and oxygen atoms in total. The van der Waals surface area contributed by atoms with Gasteiger partial charge >= 0.3 is 0 Å². The van der Waals surface area contributed by atoms with Gasteiger partial charge in [0, 0.05) is 10.7 Å². The average Bonchev–Trinajstić information content (AvgIpc) is 2.27. The first-order valence-corrected chi connectivity index (χ1v) is 7.35. The van der Waals surface area contributed by atoms with Crippen molar-refractivity contribution in [3.8, 4) is 0 Å². The van der Waals surface area contributed by atoms with E-state index in [-0.39, 0.29) is 0 Å². The van der Waals surface area contributed by atoms with E-state index in [4.69, 9.17) is 0 Å². The SMILES string of the molecule is BrCc1cc2c(cc1CBr)CCCC2. The van der Waals surface area contributed by atoms with Crippen LogP contribution in [0.1, 0.15) is 35.1 Å². The molecule has 14 heavy (non-hydrogen) atoms. The highest BCUT2D eigenvalue weighted by molar-refractivity contribution is 9.09. The third-order valence-electron chi connectivity index (χ3n) is 2.95. The van der Waals surface area contributed by atoms with Crippen LogP contribution in [0.5, 0.6) is 0 Å². The number of halogens is 2. The second kappa shape index (κ2) is 4.80. The number of hydrogen-bond acceptors (Lipinski definition) is 0. The molecule has 0 radical (unpaired) electrons. The molecule has 0 saturated carbocycles. The molecule has 0 atom stereocenters. The standard InChI is InChI=1S/C12H14Br2/c13-7-11-5-9-3-1-2-4-10(9)6-12(11)8-14/h5-6H,1-4,7-8H2. The number of alkyl halides is 2. The van der Waals surface area contributed by atoms with Gasteiger partial charge in [-0.3, -0.25) is 0 Å². The molecule has 1 aromatic carbocycles. The summed E-state index contributed by atoms with van der Waals surface area (Å²) >= 11 is 7.11. The Bertz CT molecular complexity index is 287. The Labute approximate surface area is 102 Å². The van der Waals surface area contributed by atoms with Gasteiger partial charge in [-0.25, -0.2) is 0 Å². The molecular formula is C12H14Br2. The van der Waals surface area contributed by atoms with E-state index >= 15 is 0 Å². The van der Waals surface area contributed by atoms with Crippen molar-refractivity contribution in [1.82, 2.24) is 0 Å². The van der Waals surface area contributed by atoms with Crippen molar-refractivity contribution >= 4 is 31.9 Å². The average molecular weight is 318 g/mol. The largest absolute Gasteiger partial charge is 0.0876 e. The lowest BCUT2D eigenvalue weighted by Crippen LogP contribution is -2.05. The molecule has 1 aromatic rings. The molecule has 0 aromatic heterocycles. The molecule has 0 unspecified atom stereocenters. The van der Waals surface area contributed by atoms with Crippen molar-refractivity contribution in [1.29, 1.82) is 0 Å². The maximum absolute atomic E-state index is 3.56. The van der Waals surface area contributed by atoms with Crippen LogP contribution < -0.4 is 0 Å². The van der Waals surface area contributed by atoms with E-state index in [1.54, 1.807) is 11.1 Å². The molecule has 1 aliphatic rings. The fourth-order valence-electron chi connectivity index (χ4n) is 2.14. The van der Waals surface area contributed by atoms with Crippen LogP contribution in [0.2, 0.25) is 0 Å². The minimum atomic E-state index is 0.973. The Kier molecular flexibility index (Phi) is 3.67. The Morgan fingerprint density at radius 3 is 1.64 bits per heavy atom. The van der Waals surface area contributed by atoms with Crippen LogP contribution in [0, 0.1) is 0 Å². The fourth-order valence-corrected chi connectivity index (χ4v) is 3.18. The molecular weight excluding hydrogens is 304 g/mol. The van der Waals surface area contributed by atoms with Gasteiger partial charge in [0.1, 0.15) is 0 Å². The van der Waals surface area contributed by atoms with Crippen LogP contribution in [0.4, 0.5) is 0 Å². The lowest BCUT2D eigenvalue weighted by Gasteiger charge is -2.18. The molecule has 0 bridgehead atoms. The van der Waals surface area contributed by atoms with E-state index in [1.807, 2.05) is 0 Å². The van der Waals surface area contributed by atoms with Gasteiger partial charge in [-0.2, -0.15) is 0 Å². The van der Waals surface area contributed by atoms with Crippen LogP contribution in [-0.4, -0.2) is 0 Å². The maximum Gasteiger partial charge on any atom is 0.0286 e. The first kappa shape index (κ1) is 10.7. The summed E-state index contributed by atoms with van der Waals surface area (Å²) in [5, 5.41) is 1.95. The molecule has 0 spiro atoms. The highest BCUT2D eigenvalue weighted by Gasteiger charge is 2.12. The molecule has 0 amide bonds. The second-order valence-electron chi connectivity index (χ2n) is 3.86. The zero-order valence-corrected chi connectivity index (χ0v) is 11.3. The molecule has 1 aliphatic carbocycles.